The van der Waals surface area contributed by atoms with Gasteiger partial charge in [-0.05, 0) is 24.3 Å². The lowest BCUT2D eigenvalue weighted by atomic mass is 10.3. The zero-order valence-corrected chi connectivity index (χ0v) is 10.2. The molecule has 0 amide bonds. The van der Waals surface area contributed by atoms with Gasteiger partial charge < -0.3 is 9.84 Å². The first-order valence-electron chi connectivity index (χ1n) is 5.27. The molecule has 0 fully saturated rings. The van der Waals surface area contributed by atoms with Crippen LogP contribution < -0.4 is 4.74 Å². The minimum atomic E-state index is -1.14. The highest BCUT2D eigenvalue weighted by Gasteiger charge is 2.21. The minimum Gasteiger partial charge on any atom is -0.476 e. The summed E-state index contributed by atoms with van der Waals surface area (Å²) < 4.78 is 19.6. The maximum atomic E-state index is 12.8. The SMILES string of the molecule is O=C(O)c1c(Oc2ccc(F)cc2)nc2sccn12. The summed E-state index contributed by atoms with van der Waals surface area (Å²) >= 11 is 1.30. The molecule has 96 valence electrons. The quantitative estimate of drug-likeness (QED) is 0.799. The fourth-order valence-electron chi connectivity index (χ4n) is 1.65. The Hall–Kier alpha value is -2.41. The number of thiazole rings is 1. The molecule has 7 heteroatoms. The van der Waals surface area contributed by atoms with Crippen LogP contribution in [0, 0.1) is 5.82 Å². The molecule has 0 aliphatic carbocycles. The van der Waals surface area contributed by atoms with Crippen LogP contribution in [0.2, 0.25) is 0 Å². The highest BCUT2D eigenvalue weighted by molar-refractivity contribution is 7.15. The summed E-state index contributed by atoms with van der Waals surface area (Å²) in [6.45, 7) is 0. The van der Waals surface area contributed by atoms with Crippen LogP contribution in [0.4, 0.5) is 4.39 Å². The largest absolute Gasteiger partial charge is 0.476 e. The van der Waals surface area contributed by atoms with E-state index in [1.54, 1.807) is 11.6 Å². The number of benzene rings is 1. The molecule has 2 heterocycles. The molecule has 1 N–H and O–H groups in total. The van der Waals surface area contributed by atoms with Crippen LogP contribution in [0.25, 0.3) is 4.96 Å². The van der Waals surface area contributed by atoms with Crippen molar-refractivity contribution in [3.05, 3.63) is 47.4 Å². The van der Waals surface area contributed by atoms with Gasteiger partial charge in [-0.3, -0.25) is 4.40 Å². The second-order valence-corrected chi connectivity index (χ2v) is 4.56. The van der Waals surface area contributed by atoms with Crippen molar-refractivity contribution in [1.82, 2.24) is 9.38 Å². The lowest BCUT2D eigenvalue weighted by molar-refractivity contribution is 0.0686. The molecule has 19 heavy (non-hydrogen) atoms. The highest BCUT2D eigenvalue weighted by atomic mass is 32.1. The van der Waals surface area contributed by atoms with Crippen molar-refractivity contribution < 1.29 is 19.0 Å². The van der Waals surface area contributed by atoms with Gasteiger partial charge in [0.25, 0.3) is 5.88 Å². The summed E-state index contributed by atoms with van der Waals surface area (Å²) in [7, 11) is 0. The molecule has 2 aromatic heterocycles. The predicted molar refractivity (Wildman–Crippen MR) is 66.5 cm³/mol. The highest BCUT2D eigenvalue weighted by Crippen LogP contribution is 2.27. The van der Waals surface area contributed by atoms with Crippen LogP contribution in [0.15, 0.2) is 35.8 Å². The number of halogens is 1. The van der Waals surface area contributed by atoms with Gasteiger partial charge in [0.2, 0.25) is 0 Å². The van der Waals surface area contributed by atoms with Crippen molar-refractivity contribution in [3.63, 3.8) is 0 Å². The molecular formula is C12H7FN2O3S. The Morgan fingerprint density at radius 3 is 2.79 bits per heavy atom. The monoisotopic (exact) mass is 278 g/mol. The van der Waals surface area contributed by atoms with Gasteiger partial charge in [-0.1, -0.05) is 0 Å². The molecule has 3 aromatic rings. The molecule has 5 nitrogen and oxygen atoms in total. The zero-order valence-electron chi connectivity index (χ0n) is 9.41. The Morgan fingerprint density at radius 1 is 1.37 bits per heavy atom. The third kappa shape index (κ3) is 2.04. The Kier molecular flexibility index (Phi) is 2.68. The summed E-state index contributed by atoms with van der Waals surface area (Å²) in [5.41, 5.74) is -0.0550. The Balaban J connectivity index is 2.04. The number of fused-ring (bicyclic) bond motifs is 1. The van der Waals surface area contributed by atoms with Crippen molar-refractivity contribution >= 4 is 22.3 Å². The van der Waals surface area contributed by atoms with Gasteiger partial charge in [0, 0.05) is 11.6 Å². The van der Waals surface area contributed by atoms with Crippen LogP contribution in [0.5, 0.6) is 11.6 Å². The van der Waals surface area contributed by atoms with Gasteiger partial charge in [-0.2, -0.15) is 4.98 Å². The Bertz CT molecular complexity index is 748. The van der Waals surface area contributed by atoms with Crippen molar-refractivity contribution in [2.75, 3.05) is 0 Å². The molecule has 0 aliphatic rings. The van der Waals surface area contributed by atoms with E-state index in [-0.39, 0.29) is 11.6 Å². The molecule has 0 aliphatic heterocycles. The number of carbonyl (C=O) groups is 1. The third-order valence-corrected chi connectivity index (χ3v) is 3.22. The van der Waals surface area contributed by atoms with Gasteiger partial charge in [0.05, 0.1) is 0 Å². The molecule has 0 unspecified atom stereocenters. The lowest BCUT2D eigenvalue weighted by Crippen LogP contribution is -2.02. The number of hydrogen-bond acceptors (Lipinski definition) is 4. The van der Waals surface area contributed by atoms with Crippen molar-refractivity contribution in [1.29, 1.82) is 0 Å². The lowest BCUT2D eigenvalue weighted by Gasteiger charge is -2.03. The van der Waals surface area contributed by atoms with Gasteiger partial charge in [0.1, 0.15) is 11.6 Å². The normalized spacial score (nSPS) is 10.8. The molecule has 0 atom stereocenters. The smallest absolute Gasteiger partial charge is 0.358 e. The van der Waals surface area contributed by atoms with Crippen molar-refractivity contribution in [3.8, 4) is 11.6 Å². The van der Waals surface area contributed by atoms with Crippen molar-refractivity contribution in [2.45, 2.75) is 0 Å². The number of rotatable bonds is 3. The predicted octanol–water partition coefficient (Wildman–Crippen LogP) is 3.03. The van der Waals surface area contributed by atoms with Crippen LogP contribution in [-0.4, -0.2) is 20.5 Å². The maximum absolute atomic E-state index is 12.8. The van der Waals surface area contributed by atoms with Gasteiger partial charge in [-0.15, -0.1) is 11.3 Å². The molecular weight excluding hydrogens is 271 g/mol. The summed E-state index contributed by atoms with van der Waals surface area (Å²) in [6.07, 6.45) is 1.61. The van der Waals surface area contributed by atoms with Crippen LogP contribution in [-0.2, 0) is 0 Å². The summed E-state index contributed by atoms with van der Waals surface area (Å²) in [4.78, 5) is 15.9. The van der Waals surface area contributed by atoms with Crippen molar-refractivity contribution in [2.24, 2.45) is 0 Å². The number of ether oxygens (including phenoxy) is 1. The number of nitrogens with zero attached hydrogens (tertiary/aromatic N) is 2. The third-order valence-electron chi connectivity index (χ3n) is 2.46. The fraction of sp³-hybridized carbons (Fsp3) is 0. The number of aromatic carboxylic acids is 1. The average Bonchev–Trinajstić information content (AvgIpc) is 2.91. The number of carboxylic acid groups (broad SMARTS) is 1. The van der Waals surface area contributed by atoms with E-state index in [4.69, 9.17) is 4.74 Å². The number of imidazole rings is 1. The van der Waals surface area contributed by atoms with E-state index >= 15 is 0 Å². The Labute approximate surface area is 110 Å². The standard InChI is InChI=1S/C12H7FN2O3S/c13-7-1-3-8(4-2-7)18-10-9(11(16)17)15-5-6-19-12(15)14-10/h1-6H,(H,16,17). The topological polar surface area (TPSA) is 63.8 Å². The van der Waals surface area contributed by atoms with Gasteiger partial charge >= 0.3 is 5.97 Å². The number of carboxylic acids is 1. The van der Waals surface area contributed by atoms with E-state index in [0.29, 0.717) is 10.7 Å². The number of hydrogen-bond donors (Lipinski definition) is 1. The minimum absolute atomic E-state index is 0.00837. The van der Waals surface area contributed by atoms with E-state index in [2.05, 4.69) is 4.98 Å². The van der Waals surface area contributed by atoms with E-state index in [1.807, 2.05) is 0 Å². The zero-order chi connectivity index (χ0) is 13.4. The molecule has 1 aromatic carbocycles. The van der Waals surface area contributed by atoms with Crippen LogP contribution >= 0.6 is 11.3 Å². The summed E-state index contributed by atoms with van der Waals surface area (Å²) in [5.74, 6) is -1.21. The van der Waals surface area contributed by atoms with Crippen LogP contribution in [0.1, 0.15) is 10.5 Å². The molecule has 0 saturated heterocycles. The molecule has 0 bridgehead atoms. The first-order chi connectivity index (χ1) is 9.15. The molecule has 3 rings (SSSR count). The average molecular weight is 278 g/mol. The summed E-state index contributed by atoms with van der Waals surface area (Å²) in [5, 5.41) is 10.9. The Morgan fingerprint density at radius 2 is 2.11 bits per heavy atom. The first kappa shape index (κ1) is 11.7. The summed E-state index contributed by atoms with van der Waals surface area (Å²) in [6, 6.07) is 5.28. The molecule has 0 saturated carbocycles. The van der Waals surface area contributed by atoms with Gasteiger partial charge in [0.15, 0.2) is 10.7 Å². The maximum Gasteiger partial charge on any atom is 0.358 e. The van der Waals surface area contributed by atoms with E-state index in [0.717, 1.165) is 0 Å². The van der Waals surface area contributed by atoms with Crippen LogP contribution in [0.3, 0.4) is 0 Å². The van der Waals surface area contributed by atoms with E-state index < -0.39 is 11.8 Å². The number of aromatic nitrogens is 2. The molecule has 0 spiro atoms. The molecule has 0 radical (unpaired) electrons. The first-order valence-corrected chi connectivity index (χ1v) is 6.15. The fourth-order valence-corrected chi connectivity index (χ4v) is 2.35. The van der Waals surface area contributed by atoms with E-state index in [1.165, 1.54) is 40.0 Å². The second-order valence-electron chi connectivity index (χ2n) is 3.68. The van der Waals surface area contributed by atoms with E-state index in [9.17, 15) is 14.3 Å². The van der Waals surface area contributed by atoms with Gasteiger partial charge in [-0.25, -0.2) is 9.18 Å². The second kappa shape index (κ2) is 4.36.